The molecular weight excluding hydrogens is 106 g/mol. The van der Waals surface area contributed by atoms with Gasteiger partial charge in [0, 0.05) is 0 Å². The Labute approximate surface area is 34.1 Å². The fourth-order valence-corrected chi connectivity index (χ4v) is 0. The molecular formula is H2BO2PS. The molecule has 28 valence electrons. The molecule has 0 bridgehead atoms. The van der Waals surface area contributed by atoms with Crippen LogP contribution in [0.1, 0.15) is 0 Å². The van der Waals surface area contributed by atoms with Crippen molar-refractivity contribution in [3.05, 3.63) is 0 Å². The Hall–Kier alpha value is 0.445. The first kappa shape index (κ1) is 5.44. The first-order chi connectivity index (χ1) is 2.00. The van der Waals surface area contributed by atoms with Crippen molar-refractivity contribution in [3.63, 3.8) is 0 Å². The third-order valence-electron chi connectivity index (χ3n) is 0. The summed E-state index contributed by atoms with van der Waals surface area (Å²) in [6, 6.07) is 0. The van der Waals surface area contributed by atoms with E-state index in [1.807, 2.05) is 0 Å². The summed E-state index contributed by atoms with van der Waals surface area (Å²) in [4.78, 5) is 0. The van der Waals surface area contributed by atoms with Crippen LogP contribution in [0.2, 0.25) is 0 Å². The molecule has 0 aliphatic carbocycles. The van der Waals surface area contributed by atoms with Crippen molar-refractivity contribution in [2.24, 2.45) is 0 Å². The van der Waals surface area contributed by atoms with Crippen LogP contribution in [-0.2, 0) is 9.31 Å². The maximum absolute atomic E-state index is 9.37. The van der Waals surface area contributed by atoms with Gasteiger partial charge in [-0.15, -0.1) is 0 Å². The second kappa shape index (κ2) is 1.27. The summed E-state index contributed by atoms with van der Waals surface area (Å²) in [6.45, 7) is 0. The fraction of sp³-hybridized carbons (Fsp3) is 0. The van der Waals surface area contributed by atoms with Crippen LogP contribution in [0, 0.1) is 0 Å². The molecule has 0 aromatic carbocycles. The van der Waals surface area contributed by atoms with Gasteiger partial charge in [-0.3, -0.25) is 0 Å². The van der Waals surface area contributed by atoms with E-state index >= 15 is 0 Å². The molecule has 0 N–H and O–H groups in total. The Morgan fingerprint density at radius 1 is 1.60 bits per heavy atom. The normalized spacial score (nSPS) is 11.4. The lowest BCUT2D eigenvalue weighted by molar-refractivity contribution is 0.622. The minimum atomic E-state index is -3.25. The van der Waals surface area contributed by atoms with E-state index in [0.717, 1.165) is 0 Å². The monoisotopic (exact) mass is 108 g/mol. The van der Waals surface area contributed by atoms with Crippen molar-refractivity contribution < 1.29 is 8.42 Å². The highest BCUT2D eigenvalue weighted by molar-refractivity contribution is 8.50. The van der Waals surface area contributed by atoms with Gasteiger partial charge in [0.05, 0.1) is 0 Å². The zero-order valence-electron chi connectivity index (χ0n) is 2.38. The van der Waals surface area contributed by atoms with Gasteiger partial charge in [-0.1, -0.05) is 0 Å². The van der Waals surface area contributed by atoms with Crippen molar-refractivity contribution in [2.45, 2.75) is 0 Å². The van der Waals surface area contributed by atoms with Crippen molar-refractivity contribution in [2.75, 3.05) is 0 Å². The number of hydrogen-bond acceptors (Lipinski definition) is 2. The van der Waals surface area contributed by atoms with E-state index in [4.69, 9.17) is 0 Å². The lowest BCUT2D eigenvalue weighted by Crippen LogP contribution is -1.78. The molecule has 0 rings (SSSR count). The Bertz CT molecular complexity index is 92.8. The predicted molar refractivity (Wildman–Crippen MR) is 24.4 cm³/mol. The Kier molecular flexibility index (Phi) is 1.38. The molecule has 0 saturated heterocycles. The molecule has 0 spiro atoms. The van der Waals surface area contributed by atoms with Crippen molar-refractivity contribution in [3.8, 4) is 0 Å². The van der Waals surface area contributed by atoms with Crippen LogP contribution in [0.4, 0.5) is 0 Å². The summed E-state index contributed by atoms with van der Waals surface area (Å²) in [7, 11) is 2.50. The quantitative estimate of drug-likeness (QED) is 0.303. The smallest absolute Gasteiger partial charge is 0.239 e. The molecule has 0 aromatic heterocycles. The predicted octanol–water partition coefficient (Wildman–Crippen LogP) is -0.725. The molecule has 0 aliphatic heterocycles. The van der Waals surface area contributed by atoms with Crippen LogP contribution < -0.4 is 0 Å². The molecule has 1 unspecified atom stereocenters. The van der Waals surface area contributed by atoms with E-state index in [-0.39, 0.29) is 0 Å². The van der Waals surface area contributed by atoms with Gasteiger partial charge in [-0.25, -0.2) is 8.42 Å². The molecule has 0 aromatic rings. The van der Waals surface area contributed by atoms with Gasteiger partial charge < -0.3 is 0 Å². The molecule has 0 saturated carbocycles. The lowest BCUT2D eigenvalue weighted by atomic mass is 10.8. The molecule has 2 nitrogen and oxygen atoms in total. The van der Waals surface area contributed by atoms with Gasteiger partial charge in [0.2, 0.25) is 0 Å². The van der Waals surface area contributed by atoms with Gasteiger partial charge in [0.15, 0.2) is 0 Å². The van der Waals surface area contributed by atoms with Gasteiger partial charge in [-0.2, -0.15) is 0 Å². The highest BCUT2D eigenvalue weighted by atomic mass is 32.7. The summed E-state index contributed by atoms with van der Waals surface area (Å²) in [5.41, 5.74) is 0. The third-order valence-corrected chi connectivity index (χ3v) is 0. The van der Waals surface area contributed by atoms with Gasteiger partial charge in [0.25, 0.3) is 7.12 Å². The Morgan fingerprint density at radius 2 is 1.60 bits per heavy atom. The number of rotatable bonds is 0. The second-order valence-electron chi connectivity index (χ2n) is 0.589. The topological polar surface area (TPSA) is 34.1 Å². The first-order valence-corrected chi connectivity index (χ1v) is 3.83. The Morgan fingerprint density at radius 3 is 1.60 bits per heavy atom. The van der Waals surface area contributed by atoms with Gasteiger partial charge >= 0.3 is 0 Å². The maximum atomic E-state index is 9.37. The number of hydrogen-bond donors (Lipinski definition) is 0. The van der Waals surface area contributed by atoms with Crippen LogP contribution in [0.15, 0.2) is 0 Å². The molecule has 0 aliphatic rings. The van der Waals surface area contributed by atoms with E-state index in [9.17, 15) is 8.42 Å². The summed E-state index contributed by atoms with van der Waals surface area (Å²) in [5, 5.41) is 0. The average molecular weight is 108 g/mol. The minimum Gasteiger partial charge on any atom is -0.239 e. The van der Waals surface area contributed by atoms with Crippen molar-refractivity contribution in [1.29, 1.82) is 0 Å². The van der Waals surface area contributed by atoms with E-state index in [0.29, 0.717) is 0 Å². The molecule has 2 radical (unpaired) electrons. The van der Waals surface area contributed by atoms with E-state index in [2.05, 4.69) is 7.12 Å². The van der Waals surface area contributed by atoms with E-state index < -0.39 is 9.31 Å². The highest BCUT2D eigenvalue weighted by Crippen LogP contribution is 1.88. The molecule has 5 heavy (non-hydrogen) atoms. The second-order valence-corrected chi connectivity index (χ2v) is 3.74. The zero-order valence-corrected chi connectivity index (χ0v) is 4.35. The molecule has 0 amide bonds. The summed E-state index contributed by atoms with van der Waals surface area (Å²) < 4.78 is 18.7. The van der Waals surface area contributed by atoms with E-state index in [1.165, 1.54) is 8.44 Å². The van der Waals surface area contributed by atoms with E-state index in [1.54, 1.807) is 0 Å². The van der Waals surface area contributed by atoms with Crippen LogP contribution >= 0.6 is 8.44 Å². The largest absolute Gasteiger partial charge is 0.260 e. The average Bonchev–Trinajstić information content (AvgIpc) is 0.722. The summed E-state index contributed by atoms with van der Waals surface area (Å²) in [6.07, 6.45) is 0. The van der Waals surface area contributed by atoms with Crippen LogP contribution in [0.3, 0.4) is 0 Å². The summed E-state index contributed by atoms with van der Waals surface area (Å²) >= 11 is 0. The SMILES string of the molecule is [B]S(=O)(=O)P. The molecule has 5 heteroatoms. The Balaban J connectivity index is 4.06. The standard InChI is InChI=1S/BH2O2PS/c1-5(2,3)4/h4H2. The first-order valence-electron chi connectivity index (χ1n) is 0.805. The molecule has 0 fully saturated rings. The summed E-state index contributed by atoms with van der Waals surface area (Å²) in [5.74, 6) is 0. The third kappa shape index (κ3) is 134. The molecule has 0 heterocycles. The lowest BCUT2D eigenvalue weighted by Gasteiger charge is -1.69. The van der Waals surface area contributed by atoms with Crippen LogP contribution in [0.5, 0.6) is 0 Å². The minimum absolute atomic E-state index is 1.47. The highest BCUT2D eigenvalue weighted by Gasteiger charge is 1.80. The van der Waals surface area contributed by atoms with Gasteiger partial charge in [0.1, 0.15) is 9.31 Å². The van der Waals surface area contributed by atoms with Crippen molar-refractivity contribution >= 4 is 24.9 Å². The van der Waals surface area contributed by atoms with Gasteiger partial charge in [-0.05, 0) is 8.44 Å². The fourth-order valence-electron chi connectivity index (χ4n) is 0. The van der Waals surface area contributed by atoms with Crippen LogP contribution in [-0.4, -0.2) is 15.5 Å². The van der Waals surface area contributed by atoms with Crippen LogP contribution in [0.25, 0.3) is 0 Å². The van der Waals surface area contributed by atoms with Crippen molar-refractivity contribution in [1.82, 2.24) is 0 Å². The zero-order chi connectivity index (χ0) is 4.50. The maximum Gasteiger partial charge on any atom is 0.260 e. The molecule has 1 atom stereocenters.